The predicted molar refractivity (Wildman–Crippen MR) is 62.4 cm³/mol. The first-order valence-electron chi connectivity index (χ1n) is 5.58. The number of nitrogens with zero attached hydrogens (tertiary/aromatic N) is 1. The highest BCUT2D eigenvalue weighted by molar-refractivity contribution is 5.89. The lowest BCUT2D eigenvalue weighted by Gasteiger charge is -2.31. The molecule has 4 nitrogen and oxygen atoms in total. The van der Waals surface area contributed by atoms with Gasteiger partial charge < -0.3 is 15.0 Å². The van der Waals surface area contributed by atoms with Crippen LogP contribution in [-0.2, 0) is 4.74 Å². The van der Waals surface area contributed by atoms with Crippen LogP contribution in [0.3, 0.4) is 0 Å². The van der Waals surface area contributed by atoms with Crippen molar-refractivity contribution in [1.29, 1.82) is 0 Å². The van der Waals surface area contributed by atoms with Crippen molar-refractivity contribution >= 4 is 11.7 Å². The number of halogens is 1. The number of amides is 2. The van der Waals surface area contributed by atoms with Crippen molar-refractivity contribution < 1.29 is 13.9 Å². The predicted octanol–water partition coefficient (Wildman–Crippen LogP) is 2.08. The molecular formula is C12H15FN2O2. The normalized spacial score (nSPS) is 20.1. The summed E-state index contributed by atoms with van der Waals surface area (Å²) in [7, 11) is 0. The number of carbonyl (C=O) groups is 1. The third-order valence-corrected chi connectivity index (χ3v) is 2.62. The van der Waals surface area contributed by atoms with Gasteiger partial charge in [0.15, 0.2) is 0 Å². The van der Waals surface area contributed by atoms with E-state index in [-0.39, 0.29) is 18.0 Å². The molecule has 1 heterocycles. The van der Waals surface area contributed by atoms with Gasteiger partial charge in [-0.2, -0.15) is 0 Å². The molecule has 0 radical (unpaired) electrons. The Bertz CT molecular complexity index is 394. The van der Waals surface area contributed by atoms with E-state index < -0.39 is 0 Å². The SMILES string of the molecule is C[C@H]1CN(C(=O)Nc2ccc(F)cc2)CCO1. The molecule has 1 aromatic rings. The summed E-state index contributed by atoms with van der Waals surface area (Å²) in [5.41, 5.74) is 0.593. The topological polar surface area (TPSA) is 41.6 Å². The number of urea groups is 1. The van der Waals surface area contributed by atoms with Crippen LogP contribution in [0, 0.1) is 5.82 Å². The molecule has 1 aliphatic heterocycles. The third-order valence-electron chi connectivity index (χ3n) is 2.62. The lowest BCUT2D eigenvalue weighted by Crippen LogP contribution is -2.46. The fourth-order valence-electron chi connectivity index (χ4n) is 1.74. The largest absolute Gasteiger partial charge is 0.375 e. The van der Waals surface area contributed by atoms with Crippen molar-refractivity contribution in [2.45, 2.75) is 13.0 Å². The summed E-state index contributed by atoms with van der Waals surface area (Å²) in [5, 5.41) is 2.72. The monoisotopic (exact) mass is 238 g/mol. The number of carbonyl (C=O) groups excluding carboxylic acids is 1. The highest BCUT2D eigenvalue weighted by atomic mass is 19.1. The van der Waals surface area contributed by atoms with Gasteiger partial charge in [-0.15, -0.1) is 0 Å². The Balaban J connectivity index is 1.94. The molecule has 0 aromatic heterocycles. The third kappa shape index (κ3) is 3.17. The summed E-state index contributed by atoms with van der Waals surface area (Å²) in [6.07, 6.45) is 0.0581. The van der Waals surface area contributed by atoms with Crippen molar-refractivity contribution in [1.82, 2.24) is 4.90 Å². The molecule has 2 rings (SSSR count). The van der Waals surface area contributed by atoms with E-state index in [4.69, 9.17) is 4.74 Å². The van der Waals surface area contributed by atoms with Crippen molar-refractivity contribution in [2.24, 2.45) is 0 Å². The zero-order valence-electron chi connectivity index (χ0n) is 9.65. The van der Waals surface area contributed by atoms with E-state index in [1.54, 1.807) is 4.90 Å². The van der Waals surface area contributed by atoms with E-state index in [0.717, 1.165) is 0 Å². The van der Waals surface area contributed by atoms with E-state index >= 15 is 0 Å². The second kappa shape index (κ2) is 5.14. The van der Waals surface area contributed by atoms with E-state index in [9.17, 15) is 9.18 Å². The van der Waals surface area contributed by atoms with Gasteiger partial charge in [0.25, 0.3) is 0 Å². The van der Waals surface area contributed by atoms with Gasteiger partial charge in [-0.05, 0) is 31.2 Å². The lowest BCUT2D eigenvalue weighted by atomic mass is 10.3. The van der Waals surface area contributed by atoms with Crippen LogP contribution in [0.1, 0.15) is 6.92 Å². The number of nitrogens with one attached hydrogen (secondary N) is 1. The van der Waals surface area contributed by atoms with E-state index in [1.165, 1.54) is 24.3 Å². The fourth-order valence-corrected chi connectivity index (χ4v) is 1.74. The molecule has 92 valence electrons. The summed E-state index contributed by atoms with van der Waals surface area (Å²) in [6, 6.07) is 5.54. The highest BCUT2D eigenvalue weighted by Gasteiger charge is 2.21. The Hall–Kier alpha value is -1.62. The quantitative estimate of drug-likeness (QED) is 0.813. The summed E-state index contributed by atoms with van der Waals surface area (Å²) < 4.78 is 18.0. The molecule has 0 bridgehead atoms. The van der Waals surface area contributed by atoms with Crippen LogP contribution in [0.2, 0.25) is 0 Å². The summed E-state index contributed by atoms with van der Waals surface area (Å²) in [5.74, 6) is -0.317. The van der Waals surface area contributed by atoms with Crippen LogP contribution >= 0.6 is 0 Å². The molecule has 2 amide bonds. The summed E-state index contributed by atoms with van der Waals surface area (Å²) in [6.45, 7) is 3.64. The number of rotatable bonds is 1. The molecule has 17 heavy (non-hydrogen) atoms. The molecule has 1 fully saturated rings. The second-order valence-electron chi connectivity index (χ2n) is 4.06. The van der Waals surface area contributed by atoms with Crippen molar-refractivity contribution in [2.75, 3.05) is 25.0 Å². The molecular weight excluding hydrogens is 223 g/mol. The van der Waals surface area contributed by atoms with Crippen molar-refractivity contribution in [3.05, 3.63) is 30.1 Å². The van der Waals surface area contributed by atoms with Crippen molar-refractivity contribution in [3.8, 4) is 0 Å². The van der Waals surface area contributed by atoms with Crippen LogP contribution in [0.25, 0.3) is 0 Å². The number of hydrogen-bond acceptors (Lipinski definition) is 2. The number of anilines is 1. The Morgan fingerprint density at radius 1 is 1.47 bits per heavy atom. The van der Waals surface area contributed by atoms with Gasteiger partial charge in [0, 0.05) is 18.8 Å². The minimum atomic E-state index is -0.317. The molecule has 0 unspecified atom stereocenters. The van der Waals surface area contributed by atoms with Crippen LogP contribution in [-0.4, -0.2) is 36.7 Å². The second-order valence-corrected chi connectivity index (χ2v) is 4.06. The van der Waals surface area contributed by atoms with Crippen LogP contribution in [0.15, 0.2) is 24.3 Å². The van der Waals surface area contributed by atoms with Gasteiger partial charge in [-0.3, -0.25) is 0 Å². The molecule has 0 saturated carbocycles. The van der Waals surface area contributed by atoms with E-state index in [0.29, 0.717) is 25.4 Å². The van der Waals surface area contributed by atoms with Crippen LogP contribution in [0.4, 0.5) is 14.9 Å². The molecule has 0 spiro atoms. The number of hydrogen-bond donors (Lipinski definition) is 1. The Labute approximate surface area is 99.4 Å². The van der Waals surface area contributed by atoms with E-state index in [2.05, 4.69) is 5.32 Å². The first-order valence-corrected chi connectivity index (χ1v) is 5.58. The number of ether oxygens (including phenoxy) is 1. The van der Waals surface area contributed by atoms with Gasteiger partial charge >= 0.3 is 6.03 Å². The molecule has 1 N–H and O–H groups in total. The Morgan fingerprint density at radius 3 is 2.82 bits per heavy atom. The van der Waals surface area contributed by atoms with Gasteiger partial charge in [0.05, 0.1) is 12.7 Å². The average molecular weight is 238 g/mol. The smallest absolute Gasteiger partial charge is 0.322 e. The van der Waals surface area contributed by atoms with Crippen LogP contribution < -0.4 is 5.32 Å². The standard InChI is InChI=1S/C12H15FN2O2/c1-9-8-15(6-7-17-9)12(16)14-11-4-2-10(13)3-5-11/h2-5,9H,6-8H2,1H3,(H,14,16)/t9-/m0/s1. The molecule has 1 saturated heterocycles. The fraction of sp³-hybridized carbons (Fsp3) is 0.417. The van der Waals surface area contributed by atoms with E-state index in [1.807, 2.05) is 6.92 Å². The maximum absolute atomic E-state index is 12.7. The number of benzene rings is 1. The first-order chi connectivity index (χ1) is 8.15. The van der Waals surface area contributed by atoms with Gasteiger partial charge in [-0.25, -0.2) is 9.18 Å². The highest BCUT2D eigenvalue weighted by Crippen LogP contribution is 2.11. The lowest BCUT2D eigenvalue weighted by molar-refractivity contribution is -0.00138. The van der Waals surface area contributed by atoms with Gasteiger partial charge in [0.1, 0.15) is 5.82 Å². The number of morpholine rings is 1. The molecule has 5 heteroatoms. The molecule has 1 aliphatic rings. The first kappa shape index (κ1) is 11.9. The average Bonchev–Trinajstić information content (AvgIpc) is 2.32. The summed E-state index contributed by atoms with van der Waals surface area (Å²) in [4.78, 5) is 13.6. The van der Waals surface area contributed by atoms with Gasteiger partial charge in [0.2, 0.25) is 0 Å². The Kier molecular flexibility index (Phi) is 3.58. The Morgan fingerprint density at radius 2 is 2.18 bits per heavy atom. The van der Waals surface area contributed by atoms with Crippen LogP contribution in [0.5, 0.6) is 0 Å². The molecule has 0 aliphatic carbocycles. The molecule has 1 atom stereocenters. The molecule has 1 aromatic carbocycles. The zero-order chi connectivity index (χ0) is 12.3. The zero-order valence-corrected chi connectivity index (χ0v) is 9.65. The maximum Gasteiger partial charge on any atom is 0.322 e. The van der Waals surface area contributed by atoms with Gasteiger partial charge in [-0.1, -0.05) is 0 Å². The minimum Gasteiger partial charge on any atom is -0.375 e. The summed E-state index contributed by atoms with van der Waals surface area (Å²) >= 11 is 0. The minimum absolute atomic E-state index is 0.0581. The maximum atomic E-state index is 12.7. The van der Waals surface area contributed by atoms with Crippen molar-refractivity contribution in [3.63, 3.8) is 0 Å².